The van der Waals surface area contributed by atoms with Gasteiger partial charge in [0.15, 0.2) is 5.82 Å². The first-order valence-corrected chi connectivity index (χ1v) is 10.1. The van der Waals surface area contributed by atoms with Crippen molar-refractivity contribution in [2.45, 2.75) is 19.5 Å². The summed E-state index contributed by atoms with van der Waals surface area (Å²) in [5.74, 6) is 2.01. The summed E-state index contributed by atoms with van der Waals surface area (Å²) in [6, 6.07) is 28.6. The van der Waals surface area contributed by atoms with Crippen molar-refractivity contribution in [1.82, 2.24) is 15.0 Å². The predicted molar refractivity (Wildman–Crippen MR) is 117 cm³/mol. The van der Waals surface area contributed by atoms with E-state index in [4.69, 9.17) is 9.26 Å². The van der Waals surface area contributed by atoms with Gasteiger partial charge in [-0.2, -0.15) is 4.98 Å². The summed E-state index contributed by atoms with van der Waals surface area (Å²) in [6.45, 7) is 2.37. The molecule has 0 aliphatic heterocycles. The van der Waals surface area contributed by atoms with Crippen molar-refractivity contribution in [3.8, 4) is 17.2 Å². The maximum absolute atomic E-state index is 5.51. The number of nitrogens with zero attached hydrogens (tertiary/aromatic N) is 3. The van der Waals surface area contributed by atoms with E-state index in [1.54, 1.807) is 7.11 Å². The van der Waals surface area contributed by atoms with Gasteiger partial charge >= 0.3 is 0 Å². The number of methoxy groups -OCH3 is 1. The van der Waals surface area contributed by atoms with Crippen LogP contribution in [0.5, 0.6) is 5.75 Å². The van der Waals surface area contributed by atoms with Crippen LogP contribution in [0.1, 0.15) is 17.0 Å². The first kappa shape index (κ1) is 19.9. The average molecular weight is 399 g/mol. The van der Waals surface area contributed by atoms with E-state index in [0.717, 1.165) is 30.8 Å². The molecule has 1 heterocycles. The zero-order chi connectivity index (χ0) is 20.6. The quantitative estimate of drug-likeness (QED) is 0.397. The second kappa shape index (κ2) is 9.85. The molecule has 0 aliphatic carbocycles. The number of ether oxygens (including phenoxy) is 1. The highest BCUT2D eigenvalue weighted by molar-refractivity contribution is 5.54. The van der Waals surface area contributed by atoms with E-state index in [9.17, 15) is 0 Å². The van der Waals surface area contributed by atoms with Gasteiger partial charge in [0.1, 0.15) is 5.75 Å². The molecule has 0 saturated carbocycles. The van der Waals surface area contributed by atoms with Crippen molar-refractivity contribution >= 4 is 0 Å². The van der Waals surface area contributed by atoms with Crippen LogP contribution in [0.4, 0.5) is 0 Å². The van der Waals surface area contributed by atoms with Crippen LogP contribution in [0, 0.1) is 0 Å². The fraction of sp³-hybridized carbons (Fsp3) is 0.200. The summed E-state index contributed by atoms with van der Waals surface area (Å²) in [4.78, 5) is 6.96. The Morgan fingerprint density at radius 3 is 2.13 bits per heavy atom. The second-order valence-electron chi connectivity index (χ2n) is 7.18. The molecule has 0 spiro atoms. The Balaban J connectivity index is 1.47. The Kier molecular flexibility index (Phi) is 6.52. The van der Waals surface area contributed by atoms with Crippen molar-refractivity contribution < 1.29 is 9.26 Å². The van der Waals surface area contributed by atoms with Gasteiger partial charge in [-0.25, -0.2) is 0 Å². The van der Waals surface area contributed by atoms with E-state index in [0.29, 0.717) is 18.3 Å². The highest BCUT2D eigenvalue weighted by Crippen LogP contribution is 2.21. The minimum atomic E-state index is 0.523. The van der Waals surface area contributed by atoms with Gasteiger partial charge in [-0.15, -0.1) is 0 Å². The van der Waals surface area contributed by atoms with Crippen LogP contribution in [-0.4, -0.2) is 28.7 Å². The molecule has 0 radical (unpaired) electrons. The Labute approximate surface area is 176 Å². The van der Waals surface area contributed by atoms with Crippen molar-refractivity contribution in [3.63, 3.8) is 0 Å². The normalized spacial score (nSPS) is 11.0. The minimum Gasteiger partial charge on any atom is -0.497 e. The second-order valence-corrected chi connectivity index (χ2v) is 7.18. The molecule has 1 aromatic heterocycles. The summed E-state index contributed by atoms with van der Waals surface area (Å²) in [5.41, 5.74) is 3.47. The van der Waals surface area contributed by atoms with Gasteiger partial charge in [0.05, 0.1) is 13.7 Å². The van der Waals surface area contributed by atoms with E-state index in [1.165, 1.54) is 11.1 Å². The molecule has 0 fully saturated rings. The van der Waals surface area contributed by atoms with Crippen LogP contribution >= 0.6 is 0 Å². The molecule has 4 aromatic rings. The molecule has 4 rings (SSSR count). The van der Waals surface area contributed by atoms with Gasteiger partial charge < -0.3 is 9.26 Å². The minimum absolute atomic E-state index is 0.523. The maximum Gasteiger partial charge on any atom is 0.257 e. The van der Waals surface area contributed by atoms with Crippen molar-refractivity contribution in [1.29, 1.82) is 0 Å². The molecule has 5 nitrogen and oxygen atoms in total. The van der Waals surface area contributed by atoms with E-state index in [-0.39, 0.29) is 0 Å². The largest absolute Gasteiger partial charge is 0.497 e. The monoisotopic (exact) mass is 399 g/mol. The van der Waals surface area contributed by atoms with Crippen LogP contribution in [0.3, 0.4) is 0 Å². The topological polar surface area (TPSA) is 51.4 Å². The average Bonchev–Trinajstić information content (AvgIpc) is 3.27. The van der Waals surface area contributed by atoms with E-state index in [1.807, 2.05) is 36.4 Å². The van der Waals surface area contributed by atoms with E-state index >= 15 is 0 Å². The third-order valence-corrected chi connectivity index (χ3v) is 4.98. The van der Waals surface area contributed by atoms with Gasteiger partial charge in [0.25, 0.3) is 5.89 Å². The van der Waals surface area contributed by atoms with Gasteiger partial charge in [-0.3, -0.25) is 4.90 Å². The SMILES string of the molecule is COc1ccc(-c2nc(CN(CCc3ccccc3)Cc3ccccc3)no2)cc1. The lowest BCUT2D eigenvalue weighted by Gasteiger charge is -2.21. The van der Waals surface area contributed by atoms with Crippen LogP contribution in [0.2, 0.25) is 0 Å². The standard InChI is InChI=1S/C25H25N3O2/c1-29-23-14-12-22(13-15-23)25-26-24(27-30-25)19-28(18-21-10-6-3-7-11-21)17-16-20-8-4-2-5-9-20/h2-15H,16-19H2,1H3. The van der Waals surface area contributed by atoms with Gasteiger partial charge in [0, 0.05) is 18.7 Å². The molecular weight excluding hydrogens is 374 g/mol. The lowest BCUT2D eigenvalue weighted by molar-refractivity contribution is 0.249. The molecule has 3 aromatic carbocycles. The summed E-state index contributed by atoms with van der Waals surface area (Å²) in [5, 5.41) is 4.21. The Hall–Kier alpha value is -3.44. The third kappa shape index (κ3) is 5.33. The highest BCUT2D eigenvalue weighted by Gasteiger charge is 2.14. The smallest absolute Gasteiger partial charge is 0.257 e. The van der Waals surface area contributed by atoms with Gasteiger partial charge in [-0.05, 0) is 41.8 Å². The molecular formula is C25H25N3O2. The molecule has 0 N–H and O–H groups in total. The number of hydrogen-bond donors (Lipinski definition) is 0. The lowest BCUT2D eigenvalue weighted by Crippen LogP contribution is -2.26. The third-order valence-electron chi connectivity index (χ3n) is 4.98. The van der Waals surface area contributed by atoms with E-state index in [2.05, 4.69) is 63.6 Å². The summed E-state index contributed by atoms with van der Waals surface area (Å²) >= 11 is 0. The Morgan fingerprint density at radius 1 is 0.800 bits per heavy atom. The molecule has 0 unspecified atom stereocenters. The summed E-state index contributed by atoms with van der Waals surface area (Å²) in [7, 11) is 1.65. The summed E-state index contributed by atoms with van der Waals surface area (Å²) < 4.78 is 10.7. The Bertz CT molecular complexity index is 1030. The predicted octanol–water partition coefficient (Wildman–Crippen LogP) is 4.99. The molecule has 0 aliphatic rings. The zero-order valence-electron chi connectivity index (χ0n) is 17.1. The maximum atomic E-state index is 5.51. The molecule has 152 valence electrons. The zero-order valence-corrected chi connectivity index (χ0v) is 17.1. The number of benzene rings is 3. The van der Waals surface area contributed by atoms with Crippen molar-refractivity contribution in [2.24, 2.45) is 0 Å². The molecule has 0 bridgehead atoms. The van der Waals surface area contributed by atoms with Gasteiger partial charge in [-0.1, -0.05) is 65.8 Å². The van der Waals surface area contributed by atoms with Crippen molar-refractivity contribution in [2.75, 3.05) is 13.7 Å². The fourth-order valence-corrected chi connectivity index (χ4v) is 3.36. The fourth-order valence-electron chi connectivity index (χ4n) is 3.36. The first-order valence-electron chi connectivity index (χ1n) is 10.1. The van der Waals surface area contributed by atoms with Gasteiger partial charge in [0.2, 0.25) is 0 Å². The van der Waals surface area contributed by atoms with Crippen molar-refractivity contribution in [3.05, 3.63) is 102 Å². The van der Waals surface area contributed by atoms with Crippen LogP contribution in [0.25, 0.3) is 11.5 Å². The number of aromatic nitrogens is 2. The number of hydrogen-bond acceptors (Lipinski definition) is 5. The van der Waals surface area contributed by atoms with E-state index < -0.39 is 0 Å². The van der Waals surface area contributed by atoms with Crippen LogP contribution < -0.4 is 4.74 Å². The first-order chi connectivity index (χ1) is 14.8. The molecule has 0 saturated heterocycles. The lowest BCUT2D eigenvalue weighted by atomic mass is 10.1. The Morgan fingerprint density at radius 2 is 1.47 bits per heavy atom. The van der Waals surface area contributed by atoms with Crippen LogP contribution in [0.15, 0.2) is 89.5 Å². The number of rotatable bonds is 9. The molecule has 5 heteroatoms. The molecule has 30 heavy (non-hydrogen) atoms. The van der Waals surface area contributed by atoms with Crippen LogP contribution in [-0.2, 0) is 19.5 Å². The molecule has 0 amide bonds. The molecule has 0 atom stereocenters. The highest BCUT2D eigenvalue weighted by atomic mass is 16.5. The summed E-state index contributed by atoms with van der Waals surface area (Å²) in [6.07, 6.45) is 0.969.